The topological polar surface area (TPSA) is 24.5 Å². The number of morpholine rings is 1. The Kier molecular flexibility index (Phi) is 5.42. The molecule has 1 fully saturated rings. The van der Waals surface area contributed by atoms with E-state index in [0.717, 1.165) is 39.4 Å². The van der Waals surface area contributed by atoms with Gasteiger partial charge in [-0.3, -0.25) is 4.90 Å². The lowest BCUT2D eigenvalue weighted by Crippen LogP contribution is -2.58. The molecule has 0 aromatic heterocycles. The van der Waals surface area contributed by atoms with Crippen LogP contribution in [-0.2, 0) is 10.2 Å². The van der Waals surface area contributed by atoms with Gasteiger partial charge in [0.15, 0.2) is 0 Å². The summed E-state index contributed by atoms with van der Waals surface area (Å²) in [6, 6.07) is 10.9. The summed E-state index contributed by atoms with van der Waals surface area (Å²) in [4.78, 5) is 2.58. The van der Waals surface area contributed by atoms with Gasteiger partial charge in [-0.1, -0.05) is 44.2 Å². The molecular weight excluding hydrogens is 260 g/mol. The average Bonchev–Trinajstić information content (AvgIpc) is 2.48. The van der Waals surface area contributed by atoms with Gasteiger partial charge in [0, 0.05) is 30.6 Å². The van der Waals surface area contributed by atoms with Crippen molar-refractivity contribution in [2.45, 2.75) is 38.6 Å². The summed E-state index contributed by atoms with van der Waals surface area (Å²) in [7, 11) is 0. The summed E-state index contributed by atoms with van der Waals surface area (Å²) in [6.07, 6.45) is 0. The minimum absolute atomic E-state index is 0.112. The van der Waals surface area contributed by atoms with Crippen molar-refractivity contribution in [3.63, 3.8) is 0 Å². The Morgan fingerprint density at radius 1 is 1.29 bits per heavy atom. The van der Waals surface area contributed by atoms with E-state index in [1.165, 1.54) is 5.56 Å². The molecule has 1 N–H and O–H groups in total. The first-order chi connectivity index (χ1) is 9.98. The summed E-state index contributed by atoms with van der Waals surface area (Å²) in [5, 5.41) is 3.55. The third-order valence-electron chi connectivity index (χ3n) is 4.59. The van der Waals surface area contributed by atoms with Crippen molar-refractivity contribution in [2.24, 2.45) is 0 Å². The molecule has 21 heavy (non-hydrogen) atoms. The molecule has 1 aromatic rings. The number of rotatable bonds is 6. The number of benzene rings is 1. The number of hydrogen-bond donors (Lipinski definition) is 1. The second-order valence-electron chi connectivity index (χ2n) is 6.99. The third kappa shape index (κ3) is 4.06. The van der Waals surface area contributed by atoms with Crippen LogP contribution in [-0.4, -0.2) is 49.8 Å². The van der Waals surface area contributed by atoms with Gasteiger partial charge < -0.3 is 10.1 Å². The SMILES string of the molecule is CCNCC(C)(CN1CCOCC1(C)C)c1ccccc1. The van der Waals surface area contributed by atoms with Gasteiger partial charge >= 0.3 is 0 Å². The van der Waals surface area contributed by atoms with Gasteiger partial charge in [-0.2, -0.15) is 0 Å². The molecule has 0 amide bonds. The van der Waals surface area contributed by atoms with Gasteiger partial charge in [-0.15, -0.1) is 0 Å². The predicted octanol–water partition coefficient (Wildman–Crippen LogP) is 2.66. The first-order valence-corrected chi connectivity index (χ1v) is 8.07. The Morgan fingerprint density at radius 2 is 2.00 bits per heavy atom. The highest BCUT2D eigenvalue weighted by Crippen LogP contribution is 2.29. The molecule has 1 aromatic carbocycles. The molecule has 2 rings (SSSR count). The standard InChI is InChI=1S/C18H30N2O/c1-5-19-13-18(4,16-9-7-6-8-10-16)14-20-11-12-21-15-17(20,2)3/h6-10,19H,5,11-15H2,1-4H3. The predicted molar refractivity (Wildman–Crippen MR) is 88.8 cm³/mol. The quantitative estimate of drug-likeness (QED) is 0.872. The molecule has 0 aliphatic carbocycles. The number of hydrogen-bond acceptors (Lipinski definition) is 3. The maximum atomic E-state index is 5.66. The fraction of sp³-hybridized carbons (Fsp3) is 0.667. The van der Waals surface area contributed by atoms with Crippen LogP contribution in [0.5, 0.6) is 0 Å². The fourth-order valence-electron chi connectivity index (χ4n) is 3.10. The molecule has 0 radical (unpaired) electrons. The number of nitrogens with one attached hydrogen (secondary N) is 1. The fourth-order valence-corrected chi connectivity index (χ4v) is 3.10. The largest absolute Gasteiger partial charge is 0.378 e. The van der Waals surface area contributed by atoms with Crippen LogP contribution >= 0.6 is 0 Å². The van der Waals surface area contributed by atoms with E-state index in [9.17, 15) is 0 Å². The van der Waals surface area contributed by atoms with Crippen LogP contribution in [0.25, 0.3) is 0 Å². The molecule has 1 aliphatic rings. The van der Waals surface area contributed by atoms with Gasteiger partial charge in [0.2, 0.25) is 0 Å². The molecule has 0 spiro atoms. The Morgan fingerprint density at radius 3 is 2.62 bits per heavy atom. The minimum Gasteiger partial charge on any atom is -0.378 e. The van der Waals surface area contributed by atoms with Crippen LogP contribution in [0.2, 0.25) is 0 Å². The van der Waals surface area contributed by atoms with Crippen molar-refractivity contribution in [1.82, 2.24) is 10.2 Å². The Labute approximate surface area is 129 Å². The van der Waals surface area contributed by atoms with Gasteiger partial charge in [-0.25, -0.2) is 0 Å². The zero-order chi connectivity index (χ0) is 15.3. The second-order valence-corrected chi connectivity index (χ2v) is 6.99. The molecule has 118 valence electrons. The maximum Gasteiger partial charge on any atom is 0.0645 e. The molecule has 1 unspecified atom stereocenters. The Balaban J connectivity index is 2.20. The lowest BCUT2D eigenvalue weighted by Gasteiger charge is -2.46. The van der Waals surface area contributed by atoms with E-state index in [1.807, 2.05) is 0 Å². The van der Waals surface area contributed by atoms with E-state index in [1.54, 1.807) is 0 Å². The lowest BCUT2D eigenvalue weighted by atomic mass is 9.80. The van der Waals surface area contributed by atoms with E-state index in [0.29, 0.717) is 0 Å². The second kappa shape index (κ2) is 6.91. The number of ether oxygens (including phenoxy) is 1. The van der Waals surface area contributed by atoms with Gasteiger partial charge in [-0.05, 0) is 26.0 Å². The highest BCUT2D eigenvalue weighted by atomic mass is 16.5. The molecule has 3 nitrogen and oxygen atoms in total. The number of nitrogens with zero attached hydrogens (tertiary/aromatic N) is 1. The van der Waals surface area contributed by atoms with Crippen molar-refractivity contribution in [3.8, 4) is 0 Å². The summed E-state index contributed by atoms with van der Waals surface area (Å²) in [5.41, 5.74) is 1.64. The highest BCUT2D eigenvalue weighted by molar-refractivity contribution is 5.26. The molecule has 0 saturated carbocycles. The maximum absolute atomic E-state index is 5.66. The van der Waals surface area contributed by atoms with Crippen molar-refractivity contribution < 1.29 is 4.74 Å². The van der Waals surface area contributed by atoms with Gasteiger partial charge in [0.25, 0.3) is 0 Å². The summed E-state index contributed by atoms with van der Waals surface area (Å²) >= 11 is 0. The van der Waals surface area contributed by atoms with Crippen LogP contribution in [0.15, 0.2) is 30.3 Å². The van der Waals surface area contributed by atoms with E-state index < -0.39 is 0 Å². The summed E-state index contributed by atoms with van der Waals surface area (Å²) in [6.45, 7) is 14.8. The van der Waals surface area contributed by atoms with Crippen LogP contribution in [0.4, 0.5) is 0 Å². The lowest BCUT2D eigenvalue weighted by molar-refractivity contribution is -0.0591. The normalized spacial score (nSPS) is 21.9. The third-order valence-corrected chi connectivity index (χ3v) is 4.59. The van der Waals surface area contributed by atoms with Gasteiger partial charge in [0.1, 0.15) is 0 Å². The monoisotopic (exact) mass is 290 g/mol. The van der Waals surface area contributed by atoms with E-state index in [2.05, 4.69) is 68.2 Å². The number of likely N-dealkylation sites (N-methyl/N-ethyl adjacent to an activating group) is 1. The molecular formula is C18H30N2O. The first kappa shape index (κ1) is 16.5. The Hall–Kier alpha value is -0.900. The van der Waals surface area contributed by atoms with Gasteiger partial charge in [0.05, 0.1) is 13.2 Å². The first-order valence-electron chi connectivity index (χ1n) is 8.07. The van der Waals surface area contributed by atoms with E-state index in [4.69, 9.17) is 4.74 Å². The molecule has 1 atom stereocenters. The molecule has 1 heterocycles. The minimum atomic E-state index is 0.112. The van der Waals surface area contributed by atoms with Crippen LogP contribution in [0.3, 0.4) is 0 Å². The molecule has 3 heteroatoms. The van der Waals surface area contributed by atoms with Crippen molar-refractivity contribution in [3.05, 3.63) is 35.9 Å². The average molecular weight is 290 g/mol. The summed E-state index contributed by atoms with van der Waals surface area (Å²) in [5.74, 6) is 0. The zero-order valence-corrected chi connectivity index (χ0v) is 14.0. The Bertz CT molecular complexity index is 432. The van der Waals surface area contributed by atoms with Crippen LogP contribution in [0.1, 0.15) is 33.3 Å². The van der Waals surface area contributed by atoms with Crippen LogP contribution < -0.4 is 5.32 Å². The molecule has 1 saturated heterocycles. The van der Waals surface area contributed by atoms with Crippen molar-refractivity contribution in [1.29, 1.82) is 0 Å². The highest BCUT2D eigenvalue weighted by Gasteiger charge is 2.36. The van der Waals surface area contributed by atoms with Crippen molar-refractivity contribution >= 4 is 0 Å². The van der Waals surface area contributed by atoms with E-state index in [-0.39, 0.29) is 11.0 Å². The molecule has 1 aliphatic heterocycles. The smallest absolute Gasteiger partial charge is 0.0645 e. The van der Waals surface area contributed by atoms with Crippen LogP contribution in [0, 0.1) is 0 Å². The molecule has 0 bridgehead atoms. The van der Waals surface area contributed by atoms with Crippen molar-refractivity contribution in [2.75, 3.05) is 39.4 Å². The summed E-state index contributed by atoms with van der Waals surface area (Å²) < 4.78 is 5.66. The zero-order valence-electron chi connectivity index (χ0n) is 14.0. The van der Waals surface area contributed by atoms with E-state index >= 15 is 0 Å².